The van der Waals surface area contributed by atoms with Gasteiger partial charge in [-0.05, 0) is 37.6 Å². The van der Waals surface area contributed by atoms with E-state index >= 15 is 0 Å². The minimum absolute atomic E-state index is 0.0891. The Morgan fingerprint density at radius 3 is 2.84 bits per heavy atom. The Balaban J connectivity index is 1.54. The van der Waals surface area contributed by atoms with Crippen molar-refractivity contribution in [1.29, 1.82) is 0 Å². The number of nitrogens with one attached hydrogen (secondary N) is 1. The highest BCUT2D eigenvalue weighted by atomic mass is 16.6. The number of hydrogen-bond donors (Lipinski definition) is 1. The molecule has 0 fully saturated rings. The summed E-state index contributed by atoms with van der Waals surface area (Å²) in [7, 11) is 0. The predicted molar refractivity (Wildman–Crippen MR) is 88.8 cm³/mol. The number of hydrogen-bond acceptors (Lipinski definition) is 6. The Labute approximate surface area is 143 Å². The summed E-state index contributed by atoms with van der Waals surface area (Å²) in [6.07, 6.45) is 1.64. The summed E-state index contributed by atoms with van der Waals surface area (Å²) in [4.78, 5) is 20.7. The van der Waals surface area contributed by atoms with Crippen LogP contribution in [-0.4, -0.2) is 38.7 Å². The highest BCUT2D eigenvalue weighted by Gasteiger charge is 2.19. The van der Waals surface area contributed by atoms with E-state index in [1.807, 2.05) is 32.0 Å². The van der Waals surface area contributed by atoms with Crippen LogP contribution >= 0.6 is 0 Å². The Morgan fingerprint density at radius 1 is 1.24 bits per heavy atom. The molecule has 8 heteroatoms. The highest BCUT2D eigenvalue weighted by Crippen LogP contribution is 2.32. The lowest BCUT2D eigenvalue weighted by molar-refractivity contribution is 0.0929. The molecule has 4 rings (SSSR count). The van der Waals surface area contributed by atoms with Crippen molar-refractivity contribution in [3.63, 3.8) is 0 Å². The van der Waals surface area contributed by atoms with E-state index in [2.05, 4.69) is 20.4 Å². The Bertz CT molecular complexity index is 953. The van der Waals surface area contributed by atoms with Crippen molar-refractivity contribution < 1.29 is 14.3 Å². The number of carbonyl (C=O) groups excluding carboxylic acids is 1. The van der Waals surface area contributed by atoms with Crippen molar-refractivity contribution in [1.82, 2.24) is 24.9 Å². The summed E-state index contributed by atoms with van der Waals surface area (Å²) < 4.78 is 12.6. The average Bonchev–Trinajstić information content (AvgIpc) is 3.07. The third-order valence-corrected chi connectivity index (χ3v) is 4.05. The number of amides is 1. The fourth-order valence-corrected chi connectivity index (χ4v) is 2.68. The molecule has 128 valence electrons. The van der Waals surface area contributed by atoms with Gasteiger partial charge in [-0.15, -0.1) is 5.10 Å². The summed E-state index contributed by atoms with van der Waals surface area (Å²) >= 11 is 0. The fraction of sp³-hybridized carbons (Fsp3) is 0.294. The number of ether oxygens (including phenoxy) is 2. The molecule has 3 aromatic rings. The van der Waals surface area contributed by atoms with Crippen molar-refractivity contribution >= 4 is 11.7 Å². The molecule has 2 aromatic heterocycles. The van der Waals surface area contributed by atoms with E-state index in [-0.39, 0.29) is 17.8 Å². The second-order valence-electron chi connectivity index (χ2n) is 5.83. The Hall–Kier alpha value is -3.16. The van der Waals surface area contributed by atoms with Gasteiger partial charge in [0.15, 0.2) is 11.5 Å². The summed E-state index contributed by atoms with van der Waals surface area (Å²) in [6.45, 7) is 4.84. The normalized spacial score (nSPS) is 14.3. The van der Waals surface area contributed by atoms with Gasteiger partial charge in [-0.3, -0.25) is 4.79 Å². The molecule has 0 saturated carbocycles. The van der Waals surface area contributed by atoms with Crippen LogP contribution in [-0.2, 0) is 0 Å². The van der Waals surface area contributed by atoms with Crippen molar-refractivity contribution in [2.45, 2.75) is 19.9 Å². The van der Waals surface area contributed by atoms with Gasteiger partial charge in [-0.25, -0.2) is 9.50 Å². The van der Waals surface area contributed by atoms with E-state index in [0.29, 0.717) is 24.7 Å². The maximum atomic E-state index is 12.5. The number of aromatic nitrogens is 4. The summed E-state index contributed by atoms with van der Waals surface area (Å²) in [6, 6.07) is 7.21. The maximum absolute atomic E-state index is 12.5. The molecule has 8 nitrogen and oxygen atoms in total. The van der Waals surface area contributed by atoms with E-state index in [0.717, 1.165) is 17.0 Å². The van der Waals surface area contributed by atoms with Gasteiger partial charge in [-0.1, -0.05) is 6.07 Å². The molecule has 3 heterocycles. The first-order chi connectivity index (χ1) is 12.1. The van der Waals surface area contributed by atoms with Gasteiger partial charge < -0.3 is 14.8 Å². The molecule has 1 amide bonds. The van der Waals surface area contributed by atoms with Crippen LogP contribution in [0.1, 0.15) is 34.8 Å². The highest BCUT2D eigenvalue weighted by molar-refractivity contribution is 5.91. The standard InChI is InChI=1S/C17H17N5O3/c1-10-5-6-18-17-20-15(21-22(10)17)16(23)19-11(2)12-3-4-13-14(9-12)25-8-7-24-13/h3-6,9,11H,7-8H2,1-2H3,(H,19,23)/t11-/m1/s1. The molecule has 0 unspecified atom stereocenters. The SMILES string of the molecule is Cc1ccnc2nc(C(=O)N[C@H](C)c3ccc4c(c3)OCCO4)nn12. The summed E-state index contributed by atoms with van der Waals surface area (Å²) in [5.41, 5.74) is 1.77. The molecule has 1 aliphatic rings. The topological polar surface area (TPSA) is 90.6 Å². The maximum Gasteiger partial charge on any atom is 0.291 e. The van der Waals surface area contributed by atoms with Crippen LogP contribution in [0.5, 0.6) is 11.5 Å². The minimum Gasteiger partial charge on any atom is -0.486 e. The van der Waals surface area contributed by atoms with Gasteiger partial charge in [0.05, 0.1) is 6.04 Å². The van der Waals surface area contributed by atoms with Crippen LogP contribution < -0.4 is 14.8 Å². The predicted octanol–water partition coefficient (Wildman–Crippen LogP) is 1.69. The van der Waals surface area contributed by atoms with Gasteiger partial charge in [0.25, 0.3) is 11.7 Å². The zero-order valence-electron chi connectivity index (χ0n) is 13.9. The van der Waals surface area contributed by atoms with E-state index in [4.69, 9.17) is 9.47 Å². The molecule has 0 radical (unpaired) electrons. The average molecular weight is 339 g/mol. The van der Waals surface area contributed by atoms with Crippen LogP contribution in [0.4, 0.5) is 0 Å². The monoisotopic (exact) mass is 339 g/mol. The van der Waals surface area contributed by atoms with Crippen LogP contribution in [0, 0.1) is 6.92 Å². The first-order valence-corrected chi connectivity index (χ1v) is 8.00. The molecule has 0 bridgehead atoms. The number of nitrogens with zero attached hydrogens (tertiary/aromatic N) is 4. The first kappa shape index (κ1) is 15.4. The van der Waals surface area contributed by atoms with Gasteiger partial charge in [0.2, 0.25) is 5.82 Å². The zero-order chi connectivity index (χ0) is 17.4. The van der Waals surface area contributed by atoms with E-state index in [1.165, 1.54) is 0 Å². The fourth-order valence-electron chi connectivity index (χ4n) is 2.68. The molecule has 0 aliphatic carbocycles. The Morgan fingerprint density at radius 2 is 2.04 bits per heavy atom. The molecule has 1 N–H and O–H groups in total. The molecule has 1 atom stereocenters. The summed E-state index contributed by atoms with van der Waals surface area (Å²) in [5.74, 6) is 1.54. The van der Waals surface area contributed by atoms with Crippen molar-refractivity contribution in [3.8, 4) is 11.5 Å². The number of carbonyl (C=O) groups is 1. The lowest BCUT2D eigenvalue weighted by atomic mass is 10.1. The van der Waals surface area contributed by atoms with Crippen LogP contribution in [0.3, 0.4) is 0 Å². The van der Waals surface area contributed by atoms with Crippen molar-refractivity contribution in [2.24, 2.45) is 0 Å². The van der Waals surface area contributed by atoms with Crippen LogP contribution in [0.25, 0.3) is 5.78 Å². The smallest absolute Gasteiger partial charge is 0.291 e. The second-order valence-corrected chi connectivity index (χ2v) is 5.83. The molecule has 1 aromatic carbocycles. The van der Waals surface area contributed by atoms with E-state index in [9.17, 15) is 4.79 Å². The molecular weight excluding hydrogens is 322 g/mol. The lowest BCUT2D eigenvalue weighted by Gasteiger charge is -2.20. The van der Waals surface area contributed by atoms with Gasteiger partial charge in [0.1, 0.15) is 13.2 Å². The number of benzene rings is 1. The number of rotatable bonds is 3. The lowest BCUT2D eigenvalue weighted by Crippen LogP contribution is -2.28. The van der Waals surface area contributed by atoms with Gasteiger partial charge in [0, 0.05) is 11.9 Å². The first-order valence-electron chi connectivity index (χ1n) is 8.00. The molecule has 0 spiro atoms. The molecule has 0 saturated heterocycles. The van der Waals surface area contributed by atoms with Crippen LogP contribution in [0.2, 0.25) is 0 Å². The summed E-state index contributed by atoms with van der Waals surface area (Å²) in [5, 5.41) is 7.11. The zero-order valence-corrected chi connectivity index (χ0v) is 13.9. The molecule has 1 aliphatic heterocycles. The minimum atomic E-state index is -0.354. The second kappa shape index (κ2) is 6.04. The largest absolute Gasteiger partial charge is 0.486 e. The van der Waals surface area contributed by atoms with Crippen molar-refractivity contribution in [3.05, 3.63) is 47.5 Å². The number of fused-ring (bicyclic) bond motifs is 2. The van der Waals surface area contributed by atoms with E-state index in [1.54, 1.807) is 16.8 Å². The van der Waals surface area contributed by atoms with Crippen LogP contribution in [0.15, 0.2) is 30.5 Å². The van der Waals surface area contributed by atoms with Gasteiger partial charge >= 0.3 is 0 Å². The molecule has 25 heavy (non-hydrogen) atoms. The van der Waals surface area contributed by atoms with E-state index < -0.39 is 0 Å². The van der Waals surface area contributed by atoms with Gasteiger partial charge in [-0.2, -0.15) is 4.98 Å². The third kappa shape index (κ3) is 2.86. The van der Waals surface area contributed by atoms with Crippen molar-refractivity contribution in [2.75, 3.05) is 13.2 Å². The third-order valence-electron chi connectivity index (χ3n) is 4.05. The number of aryl methyl sites for hydroxylation is 1. The molecular formula is C17H17N5O3. The Kier molecular flexibility index (Phi) is 3.72. The quantitative estimate of drug-likeness (QED) is 0.781.